The zero-order valence-corrected chi connectivity index (χ0v) is 13.7. The van der Waals surface area contributed by atoms with Crippen LogP contribution in [0.2, 0.25) is 5.02 Å². The van der Waals surface area contributed by atoms with Gasteiger partial charge in [-0.05, 0) is 49.3 Å². The van der Waals surface area contributed by atoms with Gasteiger partial charge in [-0.25, -0.2) is 0 Å². The molecule has 0 aliphatic heterocycles. The molecule has 2 rings (SSSR count). The Kier molecular flexibility index (Phi) is 5.11. The molecule has 2 unspecified atom stereocenters. The highest BCUT2D eigenvalue weighted by molar-refractivity contribution is 6.31. The molecule has 0 heterocycles. The molecular weight excluding hydrogens is 268 g/mol. The predicted octanol–water partition coefficient (Wildman–Crippen LogP) is 3.93. The van der Waals surface area contributed by atoms with E-state index in [9.17, 15) is 0 Å². The Hall–Kier alpha value is -0.570. The lowest BCUT2D eigenvalue weighted by atomic mass is 9.70. The second-order valence-corrected chi connectivity index (χ2v) is 7.53. The summed E-state index contributed by atoms with van der Waals surface area (Å²) in [4.78, 5) is 2.35. The second kappa shape index (κ2) is 6.46. The maximum absolute atomic E-state index is 6.32. The summed E-state index contributed by atoms with van der Waals surface area (Å²) in [6.07, 6.45) is 3.62. The summed E-state index contributed by atoms with van der Waals surface area (Å²) in [5.41, 5.74) is 7.95. The molecule has 2 nitrogen and oxygen atoms in total. The number of nitrogens with two attached hydrogens (primary N) is 1. The minimum Gasteiger partial charge on any atom is -0.327 e. The zero-order valence-electron chi connectivity index (χ0n) is 12.9. The Morgan fingerprint density at radius 1 is 1.35 bits per heavy atom. The van der Waals surface area contributed by atoms with Crippen molar-refractivity contribution < 1.29 is 0 Å². The van der Waals surface area contributed by atoms with Crippen molar-refractivity contribution in [3.8, 4) is 0 Å². The summed E-state index contributed by atoms with van der Waals surface area (Å²) < 4.78 is 0. The van der Waals surface area contributed by atoms with Gasteiger partial charge in [-0.2, -0.15) is 0 Å². The van der Waals surface area contributed by atoms with E-state index in [0.717, 1.165) is 24.5 Å². The molecule has 0 amide bonds. The first-order valence-corrected chi connectivity index (χ1v) is 7.93. The van der Waals surface area contributed by atoms with Crippen LogP contribution in [0.5, 0.6) is 0 Å². The first-order chi connectivity index (χ1) is 9.37. The van der Waals surface area contributed by atoms with Crippen LogP contribution in [0.3, 0.4) is 0 Å². The molecular formula is C17H27ClN2. The number of hydrogen-bond donors (Lipinski definition) is 1. The minimum atomic E-state index is 0.344. The second-order valence-electron chi connectivity index (χ2n) is 7.12. The number of benzene rings is 1. The van der Waals surface area contributed by atoms with E-state index in [1.165, 1.54) is 18.4 Å². The average molecular weight is 295 g/mol. The third-order valence-corrected chi connectivity index (χ3v) is 4.89. The molecule has 1 fully saturated rings. The lowest BCUT2D eigenvalue weighted by Gasteiger charge is -2.40. The van der Waals surface area contributed by atoms with E-state index in [-0.39, 0.29) is 0 Å². The lowest BCUT2D eigenvalue weighted by molar-refractivity contribution is 0.122. The summed E-state index contributed by atoms with van der Waals surface area (Å²) in [6, 6.07) is 8.43. The molecule has 0 aromatic heterocycles. The van der Waals surface area contributed by atoms with E-state index < -0.39 is 0 Å². The van der Waals surface area contributed by atoms with Crippen LogP contribution in [0, 0.1) is 11.3 Å². The van der Waals surface area contributed by atoms with Crippen molar-refractivity contribution >= 4 is 11.6 Å². The van der Waals surface area contributed by atoms with E-state index in [1.54, 1.807) is 0 Å². The summed E-state index contributed by atoms with van der Waals surface area (Å²) >= 11 is 6.23. The van der Waals surface area contributed by atoms with Crippen molar-refractivity contribution in [3.63, 3.8) is 0 Å². The Balaban J connectivity index is 1.94. The van der Waals surface area contributed by atoms with E-state index in [1.807, 2.05) is 18.2 Å². The van der Waals surface area contributed by atoms with Crippen LogP contribution in [0.15, 0.2) is 24.3 Å². The summed E-state index contributed by atoms with van der Waals surface area (Å²) in [7, 11) is 2.16. The molecule has 1 saturated carbocycles. The Bertz CT molecular complexity index is 444. The molecule has 3 heteroatoms. The molecule has 0 saturated heterocycles. The molecule has 2 atom stereocenters. The van der Waals surface area contributed by atoms with Gasteiger partial charge in [-0.1, -0.05) is 43.6 Å². The maximum atomic E-state index is 6.32. The molecule has 2 N–H and O–H groups in total. The van der Waals surface area contributed by atoms with Crippen LogP contribution >= 0.6 is 11.6 Å². The van der Waals surface area contributed by atoms with Crippen molar-refractivity contribution in [1.82, 2.24) is 4.90 Å². The number of nitrogens with zero attached hydrogens (tertiary/aromatic N) is 1. The Morgan fingerprint density at radius 3 is 2.75 bits per heavy atom. The van der Waals surface area contributed by atoms with Gasteiger partial charge < -0.3 is 10.6 Å². The lowest BCUT2D eigenvalue weighted by Crippen LogP contribution is -2.44. The average Bonchev–Trinajstić information content (AvgIpc) is 2.36. The van der Waals surface area contributed by atoms with E-state index in [0.29, 0.717) is 17.4 Å². The summed E-state index contributed by atoms with van der Waals surface area (Å²) in [5.74, 6) is 0.589. The maximum Gasteiger partial charge on any atom is 0.0451 e. The fourth-order valence-electron chi connectivity index (χ4n) is 3.34. The van der Waals surface area contributed by atoms with Crippen molar-refractivity contribution in [2.24, 2.45) is 17.1 Å². The fourth-order valence-corrected chi connectivity index (χ4v) is 3.53. The van der Waals surface area contributed by atoms with Crippen LogP contribution in [0.4, 0.5) is 0 Å². The topological polar surface area (TPSA) is 29.3 Å². The highest BCUT2D eigenvalue weighted by Crippen LogP contribution is 2.38. The van der Waals surface area contributed by atoms with Crippen molar-refractivity contribution in [2.45, 2.75) is 45.7 Å². The van der Waals surface area contributed by atoms with E-state index >= 15 is 0 Å². The van der Waals surface area contributed by atoms with Gasteiger partial charge in [0, 0.05) is 24.2 Å². The molecule has 1 aromatic rings. The van der Waals surface area contributed by atoms with Gasteiger partial charge in [-0.3, -0.25) is 0 Å². The summed E-state index contributed by atoms with van der Waals surface area (Å²) in [5, 5.41) is 0.854. The molecule has 1 aliphatic rings. The van der Waals surface area contributed by atoms with Crippen LogP contribution in [-0.4, -0.2) is 24.5 Å². The molecule has 1 aliphatic carbocycles. The van der Waals surface area contributed by atoms with Crippen molar-refractivity contribution in [2.75, 3.05) is 13.6 Å². The fraction of sp³-hybridized carbons (Fsp3) is 0.647. The Labute approximate surface area is 128 Å². The SMILES string of the molecule is CN(Cc1ccccc1Cl)CC1CC(C)(C)CCC1N. The third-order valence-electron chi connectivity index (χ3n) is 4.52. The molecule has 0 bridgehead atoms. The highest BCUT2D eigenvalue weighted by Gasteiger charge is 2.33. The molecule has 1 aromatic carbocycles. The van der Waals surface area contributed by atoms with Crippen molar-refractivity contribution in [1.29, 1.82) is 0 Å². The van der Waals surface area contributed by atoms with Gasteiger partial charge >= 0.3 is 0 Å². The number of rotatable bonds is 4. The first-order valence-electron chi connectivity index (χ1n) is 7.55. The highest BCUT2D eigenvalue weighted by atomic mass is 35.5. The zero-order chi connectivity index (χ0) is 14.8. The normalized spacial score (nSPS) is 25.9. The van der Waals surface area contributed by atoms with Gasteiger partial charge in [0.1, 0.15) is 0 Å². The molecule has 112 valence electrons. The monoisotopic (exact) mass is 294 g/mol. The smallest absolute Gasteiger partial charge is 0.0451 e. The predicted molar refractivity (Wildman–Crippen MR) is 86.9 cm³/mol. The van der Waals surface area contributed by atoms with Crippen molar-refractivity contribution in [3.05, 3.63) is 34.9 Å². The van der Waals surface area contributed by atoms with Crippen LogP contribution < -0.4 is 5.73 Å². The minimum absolute atomic E-state index is 0.344. The Morgan fingerprint density at radius 2 is 2.05 bits per heavy atom. The molecule has 0 spiro atoms. The first kappa shape index (κ1) is 15.8. The standard InChI is InChI=1S/C17H27ClN2/c1-17(2)9-8-16(19)14(10-17)12-20(3)11-13-6-4-5-7-15(13)18/h4-7,14,16H,8-12,19H2,1-3H3. The van der Waals surface area contributed by atoms with E-state index in [2.05, 4.69) is 31.9 Å². The molecule has 0 radical (unpaired) electrons. The number of halogens is 1. The number of hydrogen-bond acceptors (Lipinski definition) is 2. The van der Waals surface area contributed by atoms with Gasteiger partial charge in [0.2, 0.25) is 0 Å². The largest absolute Gasteiger partial charge is 0.327 e. The molecule has 20 heavy (non-hydrogen) atoms. The van der Waals surface area contributed by atoms with E-state index in [4.69, 9.17) is 17.3 Å². The quantitative estimate of drug-likeness (QED) is 0.912. The van der Waals surface area contributed by atoms with Gasteiger partial charge in [-0.15, -0.1) is 0 Å². The van der Waals surface area contributed by atoms with Gasteiger partial charge in [0.05, 0.1) is 0 Å². The van der Waals surface area contributed by atoms with Crippen LogP contribution in [0.1, 0.15) is 38.7 Å². The summed E-state index contributed by atoms with van der Waals surface area (Å²) in [6.45, 7) is 6.67. The van der Waals surface area contributed by atoms with Crippen LogP contribution in [0.25, 0.3) is 0 Å². The van der Waals surface area contributed by atoms with Gasteiger partial charge in [0.15, 0.2) is 0 Å². The van der Waals surface area contributed by atoms with Gasteiger partial charge in [0.25, 0.3) is 0 Å². The third kappa shape index (κ3) is 4.21. The van der Waals surface area contributed by atoms with Crippen LogP contribution in [-0.2, 0) is 6.54 Å².